The molecule has 158 valence electrons. The molecule has 30 heavy (non-hydrogen) atoms. The molecule has 0 radical (unpaired) electrons. The Morgan fingerprint density at radius 2 is 2.03 bits per heavy atom. The number of carbonyl (C=O) groups is 1. The molecule has 0 aliphatic heterocycles. The Labute approximate surface area is 172 Å². The van der Waals surface area contributed by atoms with Crippen molar-refractivity contribution in [3.8, 4) is 16.9 Å². The molecule has 3 aromatic rings. The van der Waals surface area contributed by atoms with Crippen LogP contribution < -0.4 is 15.8 Å². The summed E-state index contributed by atoms with van der Waals surface area (Å²) in [5.74, 6) is 1.09. The van der Waals surface area contributed by atoms with Crippen LogP contribution in [0, 0.1) is 0 Å². The summed E-state index contributed by atoms with van der Waals surface area (Å²) in [6, 6.07) is 3.55. The first-order valence-electron chi connectivity index (χ1n) is 9.50. The van der Waals surface area contributed by atoms with Crippen LogP contribution in [0.5, 0.6) is 5.75 Å². The van der Waals surface area contributed by atoms with E-state index in [0.29, 0.717) is 53.4 Å². The number of hydrogen-bond donors (Lipinski definition) is 2. The highest BCUT2D eigenvalue weighted by molar-refractivity contribution is 5.90. The van der Waals surface area contributed by atoms with Crippen molar-refractivity contribution >= 4 is 23.3 Å². The van der Waals surface area contributed by atoms with E-state index >= 15 is 0 Å². The largest absolute Gasteiger partial charge is 0.487 e. The summed E-state index contributed by atoms with van der Waals surface area (Å²) in [5, 5.41) is 2.29. The van der Waals surface area contributed by atoms with E-state index in [0.717, 1.165) is 6.42 Å². The summed E-state index contributed by atoms with van der Waals surface area (Å²) < 4.78 is 25.3. The van der Waals surface area contributed by atoms with Gasteiger partial charge in [-0.1, -0.05) is 6.92 Å². The first-order chi connectivity index (χ1) is 14.6. The maximum absolute atomic E-state index is 14.0. The molecule has 3 rings (SSSR count). The highest BCUT2D eigenvalue weighted by Crippen LogP contribution is 2.35. The SMILES string of the molecule is CCCOCc1ncc(-c2ccc3ncc(N)nc3c2OCC(F)CNC=O)cn1. The third kappa shape index (κ3) is 5.35. The van der Waals surface area contributed by atoms with Crippen LogP contribution in [0.3, 0.4) is 0 Å². The second kappa shape index (κ2) is 10.4. The molecule has 0 aliphatic rings. The minimum atomic E-state index is -1.40. The number of nitrogens with zero attached hydrogens (tertiary/aromatic N) is 4. The number of alkyl halides is 1. The topological polar surface area (TPSA) is 125 Å². The van der Waals surface area contributed by atoms with Gasteiger partial charge in [0.15, 0.2) is 17.7 Å². The van der Waals surface area contributed by atoms with Crippen LogP contribution in [0.15, 0.2) is 30.7 Å². The van der Waals surface area contributed by atoms with Gasteiger partial charge in [0.25, 0.3) is 0 Å². The zero-order chi connectivity index (χ0) is 21.3. The van der Waals surface area contributed by atoms with E-state index in [1.807, 2.05) is 6.92 Å². The van der Waals surface area contributed by atoms with Crippen LogP contribution in [0.2, 0.25) is 0 Å². The van der Waals surface area contributed by atoms with Gasteiger partial charge in [-0.05, 0) is 18.6 Å². The molecule has 1 amide bonds. The van der Waals surface area contributed by atoms with Crippen molar-refractivity contribution in [2.45, 2.75) is 26.1 Å². The van der Waals surface area contributed by atoms with Gasteiger partial charge in [-0.3, -0.25) is 9.78 Å². The zero-order valence-corrected chi connectivity index (χ0v) is 16.5. The molecule has 9 nitrogen and oxygen atoms in total. The molecule has 0 bridgehead atoms. The van der Waals surface area contributed by atoms with Gasteiger partial charge in [-0.15, -0.1) is 0 Å². The second-order valence-electron chi connectivity index (χ2n) is 6.48. The van der Waals surface area contributed by atoms with Gasteiger partial charge in [-0.25, -0.2) is 19.3 Å². The number of nitrogens with one attached hydrogen (secondary N) is 1. The molecular weight excluding hydrogens is 391 g/mol. The summed E-state index contributed by atoms with van der Waals surface area (Å²) in [4.78, 5) is 27.6. The lowest BCUT2D eigenvalue weighted by atomic mass is 10.1. The van der Waals surface area contributed by atoms with E-state index in [1.165, 1.54) is 6.20 Å². The number of ether oxygens (including phenoxy) is 2. The minimum Gasteiger partial charge on any atom is -0.487 e. The number of aromatic nitrogens is 4. The second-order valence-corrected chi connectivity index (χ2v) is 6.48. The summed E-state index contributed by atoms with van der Waals surface area (Å²) >= 11 is 0. The molecule has 0 spiro atoms. The molecule has 2 heterocycles. The number of rotatable bonds is 11. The molecule has 10 heteroatoms. The molecular formula is C20H23FN6O3. The Morgan fingerprint density at radius 3 is 2.77 bits per heavy atom. The smallest absolute Gasteiger partial charge is 0.207 e. The number of hydrogen-bond acceptors (Lipinski definition) is 8. The fraction of sp³-hybridized carbons (Fsp3) is 0.350. The van der Waals surface area contributed by atoms with Crippen LogP contribution in [-0.4, -0.2) is 52.3 Å². The molecule has 1 unspecified atom stereocenters. The van der Waals surface area contributed by atoms with Crippen molar-refractivity contribution in [3.63, 3.8) is 0 Å². The predicted octanol–water partition coefficient (Wildman–Crippen LogP) is 2.06. The van der Waals surface area contributed by atoms with Crippen LogP contribution >= 0.6 is 0 Å². The molecule has 0 aliphatic carbocycles. The summed E-state index contributed by atoms with van der Waals surface area (Å²) in [6.45, 7) is 2.54. The molecule has 1 atom stereocenters. The van der Waals surface area contributed by atoms with E-state index in [2.05, 4.69) is 25.3 Å². The van der Waals surface area contributed by atoms with E-state index < -0.39 is 6.17 Å². The number of fused-ring (bicyclic) bond motifs is 1. The number of nitrogens with two attached hydrogens (primary N) is 1. The van der Waals surface area contributed by atoms with Gasteiger partial charge in [-0.2, -0.15) is 0 Å². The van der Waals surface area contributed by atoms with Gasteiger partial charge in [0, 0.05) is 30.1 Å². The number of carbonyl (C=O) groups excluding carboxylic acids is 1. The van der Waals surface area contributed by atoms with Crippen molar-refractivity contribution in [2.75, 3.05) is 25.5 Å². The van der Waals surface area contributed by atoms with Crippen molar-refractivity contribution in [3.05, 3.63) is 36.5 Å². The number of benzene rings is 1. The number of anilines is 1. The van der Waals surface area contributed by atoms with Crippen LogP contribution in [0.25, 0.3) is 22.2 Å². The van der Waals surface area contributed by atoms with E-state index in [-0.39, 0.29) is 19.0 Å². The van der Waals surface area contributed by atoms with Crippen molar-refractivity contribution in [2.24, 2.45) is 0 Å². The highest BCUT2D eigenvalue weighted by Gasteiger charge is 2.17. The molecule has 3 N–H and O–H groups in total. The Morgan fingerprint density at radius 1 is 1.23 bits per heavy atom. The maximum Gasteiger partial charge on any atom is 0.207 e. The van der Waals surface area contributed by atoms with E-state index in [1.54, 1.807) is 24.5 Å². The number of halogens is 1. The third-order valence-corrected chi connectivity index (χ3v) is 4.11. The van der Waals surface area contributed by atoms with Gasteiger partial charge in [0.2, 0.25) is 6.41 Å². The molecule has 0 fully saturated rings. The van der Waals surface area contributed by atoms with Gasteiger partial charge in [0.05, 0.1) is 18.3 Å². The van der Waals surface area contributed by atoms with Gasteiger partial charge in [0.1, 0.15) is 24.5 Å². The molecule has 2 aromatic heterocycles. The normalized spacial score (nSPS) is 11.9. The zero-order valence-electron chi connectivity index (χ0n) is 16.5. The average molecular weight is 414 g/mol. The van der Waals surface area contributed by atoms with Crippen LogP contribution in [0.1, 0.15) is 19.2 Å². The van der Waals surface area contributed by atoms with Crippen molar-refractivity contribution in [1.29, 1.82) is 0 Å². The van der Waals surface area contributed by atoms with Crippen molar-refractivity contribution in [1.82, 2.24) is 25.3 Å². The predicted molar refractivity (Wildman–Crippen MR) is 109 cm³/mol. The summed E-state index contributed by atoms with van der Waals surface area (Å²) in [6.07, 6.45) is 4.68. The first kappa shape index (κ1) is 21.3. The lowest BCUT2D eigenvalue weighted by molar-refractivity contribution is -0.109. The quantitative estimate of drug-likeness (QED) is 0.361. The highest BCUT2D eigenvalue weighted by atomic mass is 19.1. The number of amides is 1. The van der Waals surface area contributed by atoms with Crippen molar-refractivity contribution < 1.29 is 18.7 Å². The average Bonchev–Trinajstić information content (AvgIpc) is 2.76. The van der Waals surface area contributed by atoms with E-state index in [9.17, 15) is 9.18 Å². The number of nitrogen functional groups attached to an aromatic ring is 1. The summed E-state index contributed by atoms with van der Waals surface area (Å²) in [7, 11) is 0. The Hall–Kier alpha value is -3.40. The maximum atomic E-state index is 14.0. The lowest BCUT2D eigenvalue weighted by Crippen LogP contribution is -2.27. The standard InChI is InChI=1S/C20H23FN6O3/c1-2-5-29-11-18-25-6-13(7-26-18)15-3-4-16-19(27-17(22)9-24-16)20(15)30-10-14(21)8-23-12-28/h3-4,6-7,9,12,14H,2,5,8,10-11H2,1H3,(H2,22,27)(H,23,28). The third-order valence-electron chi connectivity index (χ3n) is 4.11. The Balaban J connectivity index is 1.91. The van der Waals surface area contributed by atoms with Gasteiger partial charge >= 0.3 is 0 Å². The van der Waals surface area contributed by atoms with Gasteiger partial charge < -0.3 is 20.5 Å². The fourth-order valence-electron chi connectivity index (χ4n) is 2.72. The molecule has 1 aromatic carbocycles. The minimum absolute atomic E-state index is 0.160. The fourth-order valence-corrected chi connectivity index (χ4v) is 2.72. The molecule has 0 saturated heterocycles. The Kier molecular flexibility index (Phi) is 7.39. The van der Waals surface area contributed by atoms with E-state index in [4.69, 9.17) is 15.2 Å². The molecule has 0 saturated carbocycles. The summed E-state index contributed by atoms with van der Waals surface area (Å²) in [5.41, 5.74) is 8.03. The lowest BCUT2D eigenvalue weighted by Gasteiger charge is -2.15. The van der Waals surface area contributed by atoms with Crippen LogP contribution in [-0.2, 0) is 16.1 Å². The Bertz CT molecular complexity index is 986. The first-order valence-corrected chi connectivity index (χ1v) is 9.50. The monoisotopic (exact) mass is 414 g/mol. The van der Waals surface area contributed by atoms with Crippen LogP contribution in [0.4, 0.5) is 10.2 Å².